The summed E-state index contributed by atoms with van der Waals surface area (Å²) < 4.78 is 0. The quantitative estimate of drug-likeness (QED) is 0.804. The van der Waals surface area contributed by atoms with E-state index >= 15 is 0 Å². The minimum Gasteiger partial charge on any atom is -0.384 e. The molecule has 2 N–H and O–H groups in total. The first-order valence-corrected chi connectivity index (χ1v) is 5.63. The van der Waals surface area contributed by atoms with Crippen LogP contribution in [0, 0.1) is 0 Å². The molecule has 0 aromatic carbocycles. The molecule has 1 aliphatic rings. The molecule has 0 amide bonds. The van der Waals surface area contributed by atoms with Crippen molar-refractivity contribution in [3.8, 4) is 0 Å². The zero-order valence-electron chi connectivity index (χ0n) is 9.02. The second-order valence-electron chi connectivity index (χ2n) is 4.09. The number of piperidine rings is 1. The molecule has 0 spiro atoms. The molecular weight excluding hydrogens is 188 g/mol. The minimum absolute atomic E-state index is 0.568. The highest BCUT2D eigenvalue weighted by Gasteiger charge is 2.09. The number of hydrogen-bond donors (Lipinski definition) is 1. The van der Waals surface area contributed by atoms with E-state index in [2.05, 4.69) is 14.9 Å². The number of nitrogens with two attached hydrogens (primary N) is 1. The van der Waals surface area contributed by atoms with Crippen LogP contribution in [-0.2, 0) is 6.42 Å². The molecule has 2 heterocycles. The van der Waals surface area contributed by atoms with Gasteiger partial charge in [-0.2, -0.15) is 0 Å². The van der Waals surface area contributed by atoms with Gasteiger partial charge in [0.15, 0.2) is 0 Å². The van der Waals surface area contributed by atoms with E-state index in [1.807, 2.05) is 6.07 Å². The number of anilines is 1. The maximum absolute atomic E-state index is 5.60. The smallest absolute Gasteiger partial charge is 0.126 e. The van der Waals surface area contributed by atoms with Crippen molar-refractivity contribution in [2.24, 2.45) is 0 Å². The maximum Gasteiger partial charge on any atom is 0.126 e. The molecule has 0 atom stereocenters. The van der Waals surface area contributed by atoms with Crippen LogP contribution in [0.25, 0.3) is 0 Å². The first kappa shape index (κ1) is 10.4. The van der Waals surface area contributed by atoms with Crippen LogP contribution in [0.2, 0.25) is 0 Å². The Kier molecular flexibility index (Phi) is 3.50. The monoisotopic (exact) mass is 206 g/mol. The summed E-state index contributed by atoms with van der Waals surface area (Å²) in [6.45, 7) is 3.57. The molecule has 4 heteroatoms. The van der Waals surface area contributed by atoms with E-state index in [1.165, 1.54) is 32.4 Å². The minimum atomic E-state index is 0.568. The van der Waals surface area contributed by atoms with Gasteiger partial charge in [-0.25, -0.2) is 9.97 Å². The van der Waals surface area contributed by atoms with Crippen molar-refractivity contribution >= 4 is 5.82 Å². The molecule has 0 aliphatic carbocycles. The highest BCUT2D eigenvalue weighted by molar-refractivity contribution is 5.27. The van der Waals surface area contributed by atoms with E-state index in [0.29, 0.717) is 5.82 Å². The predicted octanol–water partition coefficient (Wildman–Crippen LogP) is 1.09. The molecule has 0 radical (unpaired) electrons. The molecule has 0 saturated carbocycles. The summed E-state index contributed by atoms with van der Waals surface area (Å²) in [7, 11) is 0. The van der Waals surface area contributed by atoms with Gasteiger partial charge >= 0.3 is 0 Å². The average Bonchev–Trinajstić information content (AvgIpc) is 2.28. The Bertz CT molecular complexity index is 307. The lowest BCUT2D eigenvalue weighted by Crippen LogP contribution is -2.31. The van der Waals surface area contributed by atoms with Crippen LogP contribution in [0.5, 0.6) is 0 Å². The fourth-order valence-corrected chi connectivity index (χ4v) is 2.01. The normalized spacial score (nSPS) is 17.9. The van der Waals surface area contributed by atoms with Gasteiger partial charge in [0.1, 0.15) is 12.1 Å². The lowest BCUT2D eigenvalue weighted by molar-refractivity contribution is 0.231. The molecule has 1 aromatic rings. The molecule has 2 rings (SSSR count). The largest absolute Gasteiger partial charge is 0.384 e. The van der Waals surface area contributed by atoms with Crippen LogP contribution in [-0.4, -0.2) is 34.5 Å². The molecule has 1 aromatic heterocycles. The number of likely N-dealkylation sites (tertiary alicyclic amines) is 1. The summed E-state index contributed by atoms with van der Waals surface area (Å²) in [5, 5.41) is 0. The van der Waals surface area contributed by atoms with E-state index < -0.39 is 0 Å². The van der Waals surface area contributed by atoms with Gasteiger partial charge in [-0.05, 0) is 25.9 Å². The topological polar surface area (TPSA) is 55.0 Å². The standard InChI is InChI=1S/C11H18N4/c12-11-8-10(13-9-14-11)4-7-15-5-2-1-3-6-15/h8-9H,1-7H2,(H2,12,13,14). The summed E-state index contributed by atoms with van der Waals surface area (Å²) in [5.41, 5.74) is 6.65. The Labute approximate surface area is 90.5 Å². The molecule has 4 nitrogen and oxygen atoms in total. The summed E-state index contributed by atoms with van der Waals surface area (Å²) in [5.74, 6) is 0.568. The van der Waals surface area contributed by atoms with Crippen molar-refractivity contribution in [2.75, 3.05) is 25.4 Å². The van der Waals surface area contributed by atoms with E-state index in [9.17, 15) is 0 Å². The van der Waals surface area contributed by atoms with Gasteiger partial charge in [0.2, 0.25) is 0 Å². The van der Waals surface area contributed by atoms with Crippen LogP contribution in [0.15, 0.2) is 12.4 Å². The van der Waals surface area contributed by atoms with Gasteiger partial charge in [0.25, 0.3) is 0 Å². The summed E-state index contributed by atoms with van der Waals surface area (Å²) in [6, 6.07) is 1.87. The van der Waals surface area contributed by atoms with Crippen molar-refractivity contribution in [3.63, 3.8) is 0 Å². The van der Waals surface area contributed by atoms with Crippen LogP contribution in [0.1, 0.15) is 25.0 Å². The number of hydrogen-bond acceptors (Lipinski definition) is 4. The van der Waals surface area contributed by atoms with Gasteiger partial charge in [0.05, 0.1) is 0 Å². The zero-order chi connectivity index (χ0) is 10.5. The molecule has 15 heavy (non-hydrogen) atoms. The molecule has 0 bridgehead atoms. The predicted molar refractivity (Wildman–Crippen MR) is 60.4 cm³/mol. The van der Waals surface area contributed by atoms with Crippen LogP contribution in [0.3, 0.4) is 0 Å². The molecule has 1 aliphatic heterocycles. The van der Waals surface area contributed by atoms with Gasteiger partial charge in [-0.15, -0.1) is 0 Å². The van der Waals surface area contributed by atoms with E-state index in [4.69, 9.17) is 5.73 Å². The second kappa shape index (κ2) is 5.07. The summed E-state index contributed by atoms with van der Waals surface area (Å²) in [6.07, 6.45) is 6.59. The van der Waals surface area contributed by atoms with Crippen molar-refractivity contribution in [3.05, 3.63) is 18.1 Å². The number of nitrogen functional groups attached to an aromatic ring is 1. The van der Waals surface area contributed by atoms with Gasteiger partial charge in [-0.3, -0.25) is 0 Å². The first-order chi connectivity index (χ1) is 7.34. The molecule has 1 fully saturated rings. The van der Waals surface area contributed by atoms with Crippen molar-refractivity contribution in [2.45, 2.75) is 25.7 Å². The Morgan fingerprint density at radius 3 is 2.73 bits per heavy atom. The fraction of sp³-hybridized carbons (Fsp3) is 0.636. The number of aromatic nitrogens is 2. The maximum atomic E-state index is 5.60. The van der Waals surface area contributed by atoms with E-state index in [-0.39, 0.29) is 0 Å². The Morgan fingerprint density at radius 2 is 2.00 bits per heavy atom. The van der Waals surface area contributed by atoms with Crippen molar-refractivity contribution in [1.82, 2.24) is 14.9 Å². The highest BCUT2D eigenvalue weighted by Crippen LogP contribution is 2.09. The van der Waals surface area contributed by atoms with Gasteiger partial charge in [-0.1, -0.05) is 6.42 Å². The Morgan fingerprint density at radius 1 is 1.20 bits per heavy atom. The highest BCUT2D eigenvalue weighted by atomic mass is 15.1. The fourth-order valence-electron chi connectivity index (χ4n) is 2.01. The van der Waals surface area contributed by atoms with E-state index in [0.717, 1.165) is 18.7 Å². The van der Waals surface area contributed by atoms with Crippen molar-refractivity contribution in [1.29, 1.82) is 0 Å². The lowest BCUT2D eigenvalue weighted by atomic mass is 10.1. The average molecular weight is 206 g/mol. The summed E-state index contributed by atoms with van der Waals surface area (Å²) in [4.78, 5) is 10.6. The Balaban J connectivity index is 1.81. The molecular formula is C11H18N4. The van der Waals surface area contributed by atoms with E-state index in [1.54, 1.807) is 6.33 Å². The number of nitrogens with zero attached hydrogens (tertiary/aromatic N) is 3. The zero-order valence-corrected chi connectivity index (χ0v) is 9.02. The summed E-state index contributed by atoms with van der Waals surface area (Å²) >= 11 is 0. The molecule has 1 saturated heterocycles. The lowest BCUT2D eigenvalue weighted by Gasteiger charge is -2.26. The second-order valence-corrected chi connectivity index (χ2v) is 4.09. The SMILES string of the molecule is Nc1cc(CCN2CCCCC2)ncn1. The third-order valence-corrected chi connectivity index (χ3v) is 2.88. The number of rotatable bonds is 3. The van der Waals surface area contributed by atoms with Crippen molar-refractivity contribution < 1.29 is 0 Å². The van der Waals surface area contributed by atoms with Crippen LogP contribution >= 0.6 is 0 Å². The van der Waals surface area contributed by atoms with Crippen LogP contribution in [0.4, 0.5) is 5.82 Å². The molecule has 82 valence electrons. The third-order valence-electron chi connectivity index (χ3n) is 2.88. The first-order valence-electron chi connectivity index (χ1n) is 5.63. The Hall–Kier alpha value is -1.16. The van der Waals surface area contributed by atoms with Gasteiger partial charge < -0.3 is 10.6 Å². The third kappa shape index (κ3) is 3.16. The van der Waals surface area contributed by atoms with Crippen LogP contribution < -0.4 is 5.73 Å². The molecule has 0 unspecified atom stereocenters. The van der Waals surface area contributed by atoms with Gasteiger partial charge in [0, 0.05) is 24.7 Å².